The number of halogens is 3. The topological polar surface area (TPSA) is 9.23 Å². The van der Waals surface area contributed by atoms with E-state index in [9.17, 15) is 13.2 Å². The summed E-state index contributed by atoms with van der Waals surface area (Å²) < 4.78 is 40.0. The minimum absolute atomic E-state index is 0.0694. The number of hydrogen-bond donors (Lipinski definition) is 0. The van der Waals surface area contributed by atoms with Gasteiger partial charge in [0.15, 0.2) is 0 Å². The molecule has 1 unspecified atom stereocenters. The van der Waals surface area contributed by atoms with Crippen LogP contribution >= 0.6 is 0 Å². The third-order valence-electron chi connectivity index (χ3n) is 1.85. The summed E-state index contributed by atoms with van der Waals surface area (Å²) in [5.41, 5.74) is 0. The Bertz CT molecular complexity index is 123. The molecule has 0 aromatic heterocycles. The lowest BCUT2D eigenvalue weighted by Gasteiger charge is -2.10. The third-order valence-corrected chi connectivity index (χ3v) is 1.85. The fraction of sp³-hybridized carbons (Fsp3) is 1.00. The van der Waals surface area contributed by atoms with E-state index in [2.05, 4.69) is 0 Å². The van der Waals surface area contributed by atoms with Crippen LogP contribution in [-0.4, -0.2) is 19.4 Å². The van der Waals surface area contributed by atoms with Crippen molar-refractivity contribution in [1.29, 1.82) is 0 Å². The van der Waals surface area contributed by atoms with Gasteiger partial charge in [-0.1, -0.05) is 20.3 Å². The van der Waals surface area contributed by atoms with Crippen molar-refractivity contribution >= 4 is 0 Å². The molecule has 0 spiro atoms. The SMILES string of the molecule is CCC(C)COCCCC(F)(F)F. The van der Waals surface area contributed by atoms with Crippen LogP contribution in [0.25, 0.3) is 0 Å². The second-order valence-corrected chi connectivity index (χ2v) is 3.31. The molecular weight excluding hydrogens is 181 g/mol. The van der Waals surface area contributed by atoms with E-state index < -0.39 is 12.6 Å². The molecule has 0 saturated carbocycles. The van der Waals surface area contributed by atoms with Crippen molar-refractivity contribution in [2.75, 3.05) is 13.2 Å². The molecule has 0 heterocycles. The summed E-state index contributed by atoms with van der Waals surface area (Å²) in [6, 6.07) is 0. The van der Waals surface area contributed by atoms with Gasteiger partial charge < -0.3 is 4.74 Å². The minimum Gasteiger partial charge on any atom is -0.381 e. The van der Waals surface area contributed by atoms with Gasteiger partial charge in [-0.2, -0.15) is 13.2 Å². The van der Waals surface area contributed by atoms with E-state index in [1.165, 1.54) is 0 Å². The molecule has 13 heavy (non-hydrogen) atoms. The highest BCUT2D eigenvalue weighted by molar-refractivity contribution is 4.51. The molecule has 0 bridgehead atoms. The van der Waals surface area contributed by atoms with Crippen LogP contribution in [0, 0.1) is 5.92 Å². The van der Waals surface area contributed by atoms with Gasteiger partial charge in [-0.3, -0.25) is 0 Å². The molecule has 1 atom stereocenters. The van der Waals surface area contributed by atoms with E-state index in [0.717, 1.165) is 6.42 Å². The van der Waals surface area contributed by atoms with E-state index in [4.69, 9.17) is 4.74 Å². The average Bonchev–Trinajstić information content (AvgIpc) is 2.01. The number of alkyl halides is 3. The zero-order valence-electron chi connectivity index (χ0n) is 8.16. The van der Waals surface area contributed by atoms with Gasteiger partial charge in [0.05, 0.1) is 0 Å². The summed E-state index contributed by atoms with van der Waals surface area (Å²) in [7, 11) is 0. The molecule has 1 nitrogen and oxygen atoms in total. The van der Waals surface area contributed by atoms with Crippen LogP contribution in [0.1, 0.15) is 33.1 Å². The van der Waals surface area contributed by atoms with E-state index in [-0.39, 0.29) is 13.0 Å². The molecule has 0 saturated heterocycles. The molecule has 0 fully saturated rings. The molecule has 4 heteroatoms. The Balaban J connectivity index is 3.18. The predicted molar refractivity (Wildman–Crippen MR) is 45.6 cm³/mol. The predicted octanol–water partition coefficient (Wildman–Crippen LogP) is 3.39. The number of hydrogen-bond acceptors (Lipinski definition) is 1. The number of ether oxygens (including phenoxy) is 1. The summed E-state index contributed by atoms with van der Waals surface area (Å²) in [6.45, 7) is 4.83. The van der Waals surface area contributed by atoms with Gasteiger partial charge in [-0.25, -0.2) is 0 Å². The van der Waals surface area contributed by atoms with E-state index in [1.54, 1.807) is 0 Å². The zero-order valence-corrected chi connectivity index (χ0v) is 8.16. The molecule has 0 aliphatic carbocycles. The largest absolute Gasteiger partial charge is 0.389 e. The second kappa shape index (κ2) is 6.24. The number of rotatable bonds is 6. The fourth-order valence-electron chi connectivity index (χ4n) is 0.777. The smallest absolute Gasteiger partial charge is 0.381 e. The molecule has 0 aromatic carbocycles. The van der Waals surface area contributed by atoms with E-state index >= 15 is 0 Å². The summed E-state index contributed by atoms with van der Waals surface area (Å²) in [5, 5.41) is 0. The molecular formula is C9H17F3O. The van der Waals surface area contributed by atoms with Crippen molar-refractivity contribution < 1.29 is 17.9 Å². The first kappa shape index (κ1) is 12.8. The van der Waals surface area contributed by atoms with Crippen LogP contribution in [-0.2, 0) is 4.74 Å². The molecule has 0 aromatic rings. The summed E-state index contributed by atoms with van der Waals surface area (Å²) >= 11 is 0. The standard InChI is InChI=1S/C9H17F3O/c1-3-8(2)7-13-6-4-5-9(10,11)12/h8H,3-7H2,1-2H3. The Morgan fingerprint density at radius 3 is 2.38 bits per heavy atom. The summed E-state index contributed by atoms with van der Waals surface area (Å²) in [6.07, 6.45) is -3.72. The van der Waals surface area contributed by atoms with Crippen LogP contribution in [0.2, 0.25) is 0 Å². The van der Waals surface area contributed by atoms with Crippen LogP contribution in [0.4, 0.5) is 13.2 Å². The van der Waals surface area contributed by atoms with Gasteiger partial charge in [0.25, 0.3) is 0 Å². The molecule has 80 valence electrons. The van der Waals surface area contributed by atoms with Crippen LogP contribution in [0.3, 0.4) is 0 Å². The Morgan fingerprint density at radius 2 is 1.92 bits per heavy atom. The first-order valence-corrected chi connectivity index (χ1v) is 4.60. The van der Waals surface area contributed by atoms with E-state index in [1.807, 2.05) is 13.8 Å². The van der Waals surface area contributed by atoms with Crippen molar-refractivity contribution in [3.05, 3.63) is 0 Å². The highest BCUT2D eigenvalue weighted by Crippen LogP contribution is 2.21. The third kappa shape index (κ3) is 9.67. The zero-order chi connectivity index (χ0) is 10.3. The quantitative estimate of drug-likeness (QED) is 0.594. The lowest BCUT2D eigenvalue weighted by Crippen LogP contribution is -2.10. The Kier molecular flexibility index (Phi) is 6.12. The maximum absolute atomic E-state index is 11.7. The van der Waals surface area contributed by atoms with Crippen molar-refractivity contribution in [2.24, 2.45) is 5.92 Å². The van der Waals surface area contributed by atoms with Gasteiger partial charge in [0.2, 0.25) is 0 Å². The van der Waals surface area contributed by atoms with Gasteiger partial charge >= 0.3 is 6.18 Å². The summed E-state index contributed by atoms with van der Waals surface area (Å²) in [4.78, 5) is 0. The van der Waals surface area contributed by atoms with Crippen molar-refractivity contribution in [3.8, 4) is 0 Å². The highest BCUT2D eigenvalue weighted by Gasteiger charge is 2.25. The highest BCUT2D eigenvalue weighted by atomic mass is 19.4. The molecule has 0 aliphatic heterocycles. The van der Waals surface area contributed by atoms with Gasteiger partial charge in [-0.05, 0) is 12.3 Å². The maximum Gasteiger partial charge on any atom is 0.389 e. The van der Waals surface area contributed by atoms with Crippen LogP contribution in [0.5, 0.6) is 0 Å². The Labute approximate surface area is 77.3 Å². The second-order valence-electron chi connectivity index (χ2n) is 3.31. The van der Waals surface area contributed by atoms with Crippen molar-refractivity contribution in [1.82, 2.24) is 0 Å². The Morgan fingerprint density at radius 1 is 1.31 bits per heavy atom. The van der Waals surface area contributed by atoms with Gasteiger partial charge in [-0.15, -0.1) is 0 Å². The lowest BCUT2D eigenvalue weighted by atomic mass is 10.1. The van der Waals surface area contributed by atoms with E-state index in [0.29, 0.717) is 12.5 Å². The average molecular weight is 198 g/mol. The first-order chi connectivity index (χ1) is 5.95. The molecule has 0 radical (unpaired) electrons. The van der Waals surface area contributed by atoms with Crippen LogP contribution < -0.4 is 0 Å². The molecule has 0 N–H and O–H groups in total. The van der Waals surface area contributed by atoms with Crippen molar-refractivity contribution in [3.63, 3.8) is 0 Å². The normalized spacial score (nSPS) is 14.5. The monoisotopic (exact) mass is 198 g/mol. The molecule has 0 rings (SSSR count). The lowest BCUT2D eigenvalue weighted by molar-refractivity contribution is -0.138. The summed E-state index contributed by atoms with van der Waals surface area (Å²) in [5.74, 6) is 0.436. The molecule has 0 aliphatic rings. The van der Waals surface area contributed by atoms with Gasteiger partial charge in [0, 0.05) is 19.6 Å². The minimum atomic E-state index is -4.04. The van der Waals surface area contributed by atoms with Gasteiger partial charge in [0.1, 0.15) is 0 Å². The molecule has 0 amide bonds. The van der Waals surface area contributed by atoms with Crippen molar-refractivity contribution in [2.45, 2.75) is 39.3 Å². The first-order valence-electron chi connectivity index (χ1n) is 4.60. The maximum atomic E-state index is 11.7. The Hall–Kier alpha value is -0.250. The fourth-order valence-corrected chi connectivity index (χ4v) is 0.777. The van der Waals surface area contributed by atoms with Crippen LogP contribution in [0.15, 0.2) is 0 Å².